The van der Waals surface area contributed by atoms with Crippen LogP contribution in [0.3, 0.4) is 0 Å². The normalized spacial score (nSPS) is 15.8. The van der Waals surface area contributed by atoms with E-state index in [0.717, 1.165) is 30.8 Å². The van der Waals surface area contributed by atoms with Gasteiger partial charge in [0.15, 0.2) is 0 Å². The maximum absolute atomic E-state index is 11.6. The van der Waals surface area contributed by atoms with E-state index in [0.29, 0.717) is 5.56 Å². The van der Waals surface area contributed by atoms with Gasteiger partial charge in [0.1, 0.15) is 0 Å². The first kappa shape index (κ1) is 10.9. The van der Waals surface area contributed by atoms with Crippen LogP contribution in [0, 0.1) is 0 Å². The Morgan fingerprint density at radius 1 is 1.62 bits per heavy atom. The van der Waals surface area contributed by atoms with Crippen molar-refractivity contribution in [3.8, 4) is 0 Å². The average molecular weight is 222 g/mol. The molecule has 0 amide bonds. The van der Waals surface area contributed by atoms with Crippen molar-refractivity contribution < 1.29 is 9.90 Å². The van der Waals surface area contributed by atoms with E-state index in [-0.39, 0.29) is 12.0 Å². The monoisotopic (exact) mass is 222 g/mol. The molecule has 1 aliphatic rings. The summed E-state index contributed by atoms with van der Waals surface area (Å²) < 4.78 is 0. The van der Waals surface area contributed by atoms with Gasteiger partial charge in [-0.05, 0) is 18.7 Å². The summed E-state index contributed by atoms with van der Waals surface area (Å²) in [6.45, 7) is 1.68. The van der Waals surface area contributed by atoms with Crippen molar-refractivity contribution in [1.29, 1.82) is 0 Å². The van der Waals surface area contributed by atoms with Gasteiger partial charge in [-0.3, -0.25) is 9.59 Å². The van der Waals surface area contributed by atoms with Crippen molar-refractivity contribution in [1.82, 2.24) is 9.88 Å². The summed E-state index contributed by atoms with van der Waals surface area (Å²) in [7, 11) is 2.00. The lowest BCUT2D eigenvalue weighted by Crippen LogP contribution is -2.30. The lowest BCUT2D eigenvalue weighted by molar-refractivity contribution is -0.136. The van der Waals surface area contributed by atoms with E-state index in [9.17, 15) is 9.59 Å². The molecule has 0 unspecified atom stereocenters. The van der Waals surface area contributed by atoms with Crippen molar-refractivity contribution in [3.05, 3.63) is 33.2 Å². The maximum Gasteiger partial charge on any atom is 0.308 e. The third-order valence-electron chi connectivity index (χ3n) is 2.82. The van der Waals surface area contributed by atoms with Gasteiger partial charge in [0.05, 0.1) is 6.42 Å². The quantitative estimate of drug-likeness (QED) is 0.738. The van der Waals surface area contributed by atoms with E-state index in [1.165, 1.54) is 0 Å². The minimum atomic E-state index is -0.977. The molecule has 2 heterocycles. The number of pyridine rings is 1. The molecule has 0 radical (unpaired) electrons. The number of aromatic amines is 1. The lowest BCUT2D eigenvalue weighted by Gasteiger charge is -2.24. The molecule has 5 heteroatoms. The number of hydrogen-bond donors (Lipinski definition) is 2. The van der Waals surface area contributed by atoms with Crippen molar-refractivity contribution >= 4 is 5.97 Å². The summed E-state index contributed by atoms with van der Waals surface area (Å²) in [6, 6.07) is 1.72. The fourth-order valence-corrected chi connectivity index (χ4v) is 1.99. The molecule has 5 nitrogen and oxygen atoms in total. The van der Waals surface area contributed by atoms with Crippen LogP contribution < -0.4 is 5.56 Å². The van der Waals surface area contributed by atoms with Crippen LogP contribution in [0.15, 0.2) is 10.9 Å². The molecule has 1 aromatic heterocycles. The summed E-state index contributed by atoms with van der Waals surface area (Å²) in [5, 5.41) is 8.68. The number of nitrogens with one attached hydrogen (secondary N) is 1. The molecule has 16 heavy (non-hydrogen) atoms. The second kappa shape index (κ2) is 4.09. The Labute approximate surface area is 92.7 Å². The van der Waals surface area contributed by atoms with Crippen LogP contribution in [-0.2, 0) is 24.2 Å². The Bertz CT molecular complexity index is 479. The Kier molecular flexibility index (Phi) is 2.78. The van der Waals surface area contributed by atoms with Crippen molar-refractivity contribution in [3.63, 3.8) is 0 Å². The number of aromatic nitrogens is 1. The molecule has 0 saturated heterocycles. The topological polar surface area (TPSA) is 73.4 Å². The molecule has 0 bridgehead atoms. The Hall–Kier alpha value is -1.62. The largest absolute Gasteiger partial charge is 0.481 e. The molecule has 2 rings (SSSR count). The second-order valence-corrected chi connectivity index (χ2v) is 4.19. The average Bonchev–Trinajstić information content (AvgIpc) is 2.19. The molecule has 0 fully saturated rings. The molecular formula is C11H14N2O3. The third-order valence-corrected chi connectivity index (χ3v) is 2.82. The number of H-pyrrole nitrogens is 1. The zero-order chi connectivity index (χ0) is 11.7. The van der Waals surface area contributed by atoms with Crippen molar-refractivity contribution in [2.45, 2.75) is 19.4 Å². The first-order valence-electron chi connectivity index (χ1n) is 5.20. The van der Waals surface area contributed by atoms with Gasteiger partial charge in [0, 0.05) is 30.8 Å². The van der Waals surface area contributed by atoms with E-state index >= 15 is 0 Å². The van der Waals surface area contributed by atoms with E-state index < -0.39 is 5.97 Å². The molecule has 1 aromatic rings. The fraction of sp³-hybridized carbons (Fsp3) is 0.455. The Balaban J connectivity index is 2.39. The summed E-state index contributed by atoms with van der Waals surface area (Å²) in [5.41, 5.74) is 2.04. The number of carboxylic acids is 1. The summed E-state index contributed by atoms with van der Waals surface area (Å²) in [6.07, 6.45) is 0.598. The zero-order valence-electron chi connectivity index (χ0n) is 9.12. The van der Waals surface area contributed by atoms with Gasteiger partial charge >= 0.3 is 5.97 Å². The number of fused-ring (bicyclic) bond motifs is 1. The molecule has 0 spiro atoms. The highest BCUT2D eigenvalue weighted by Crippen LogP contribution is 2.15. The maximum atomic E-state index is 11.6. The second-order valence-electron chi connectivity index (χ2n) is 4.19. The van der Waals surface area contributed by atoms with E-state index in [2.05, 4.69) is 9.88 Å². The number of aliphatic carboxylic acids is 1. The van der Waals surface area contributed by atoms with Gasteiger partial charge in [-0.15, -0.1) is 0 Å². The minimum absolute atomic E-state index is 0.216. The SMILES string of the molecule is CN1CCc2[nH]c(=O)c(CC(=O)O)cc2C1. The predicted molar refractivity (Wildman–Crippen MR) is 58.4 cm³/mol. The molecule has 86 valence electrons. The number of nitrogens with zero attached hydrogens (tertiary/aromatic N) is 1. The molecular weight excluding hydrogens is 208 g/mol. The summed E-state index contributed by atoms with van der Waals surface area (Å²) >= 11 is 0. The van der Waals surface area contributed by atoms with Crippen LogP contribution in [0.5, 0.6) is 0 Å². The van der Waals surface area contributed by atoms with Crippen LogP contribution in [0.25, 0.3) is 0 Å². The van der Waals surface area contributed by atoms with Crippen molar-refractivity contribution in [2.75, 3.05) is 13.6 Å². The van der Waals surface area contributed by atoms with Crippen LogP contribution in [0.1, 0.15) is 16.8 Å². The molecule has 0 aromatic carbocycles. The van der Waals surface area contributed by atoms with Gasteiger partial charge in [0.25, 0.3) is 5.56 Å². The van der Waals surface area contributed by atoms with Crippen molar-refractivity contribution in [2.24, 2.45) is 0 Å². The van der Waals surface area contributed by atoms with Crippen LogP contribution in [0.4, 0.5) is 0 Å². The van der Waals surface area contributed by atoms with Gasteiger partial charge in [-0.2, -0.15) is 0 Å². The first-order valence-corrected chi connectivity index (χ1v) is 5.20. The third kappa shape index (κ3) is 2.14. The van der Waals surface area contributed by atoms with E-state index in [1.54, 1.807) is 6.07 Å². The Morgan fingerprint density at radius 2 is 2.38 bits per heavy atom. The number of carbonyl (C=O) groups is 1. The lowest BCUT2D eigenvalue weighted by atomic mass is 10.0. The standard InChI is InChI=1S/C11H14N2O3/c1-13-3-2-9-8(6-13)4-7(5-10(14)15)11(16)12-9/h4H,2-3,5-6H2,1H3,(H,12,16)(H,14,15). The summed E-state index contributed by atoms with van der Waals surface area (Å²) in [5.74, 6) is -0.977. The first-order chi connectivity index (χ1) is 7.56. The van der Waals surface area contributed by atoms with Crippen LogP contribution in [0.2, 0.25) is 0 Å². The van der Waals surface area contributed by atoms with Gasteiger partial charge in [0.2, 0.25) is 0 Å². The number of carboxylic acid groups (broad SMARTS) is 1. The van der Waals surface area contributed by atoms with E-state index in [4.69, 9.17) is 5.11 Å². The zero-order valence-corrected chi connectivity index (χ0v) is 9.12. The molecule has 0 aliphatic carbocycles. The van der Waals surface area contributed by atoms with E-state index in [1.807, 2.05) is 7.05 Å². The fourth-order valence-electron chi connectivity index (χ4n) is 1.99. The molecule has 0 atom stereocenters. The van der Waals surface area contributed by atoms with Crippen LogP contribution in [-0.4, -0.2) is 34.6 Å². The molecule has 0 saturated carbocycles. The number of hydrogen-bond acceptors (Lipinski definition) is 3. The predicted octanol–water partition coefficient (Wildman–Crippen LogP) is -0.0101. The Morgan fingerprint density at radius 3 is 3.06 bits per heavy atom. The molecule has 1 aliphatic heterocycles. The van der Waals surface area contributed by atoms with Gasteiger partial charge in [-0.1, -0.05) is 0 Å². The summed E-state index contributed by atoms with van der Waals surface area (Å²) in [4.78, 5) is 27.1. The number of rotatable bonds is 2. The smallest absolute Gasteiger partial charge is 0.308 e. The number of likely N-dealkylation sites (N-methyl/N-ethyl adjacent to an activating group) is 1. The van der Waals surface area contributed by atoms with Gasteiger partial charge in [-0.25, -0.2) is 0 Å². The highest BCUT2D eigenvalue weighted by molar-refractivity contribution is 5.70. The highest BCUT2D eigenvalue weighted by atomic mass is 16.4. The van der Waals surface area contributed by atoms with Gasteiger partial charge < -0.3 is 15.0 Å². The highest BCUT2D eigenvalue weighted by Gasteiger charge is 2.16. The minimum Gasteiger partial charge on any atom is -0.481 e. The van der Waals surface area contributed by atoms with Crippen LogP contribution >= 0.6 is 0 Å². The molecule has 2 N–H and O–H groups in total.